The lowest BCUT2D eigenvalue weighted by Gasteiger charge is -2.31. The maximum atomic E-state index is 12.6. The zero-order valence-corrected chi connectivity index (χ0v) is 14.9. The Morgan fingerprint density at radius 3 is 2.62 bits per heavy atom. The number of likely N-dealkylation sites (tertiary alicyclic amines) is 1. The second-order valence-corrected chi connectivity index (χ2v) is 6.71. The van der Waals surface area contributed by atoms with E-state index in [1.165, 1.54) is 0 Å². The summed E-state index contributed by atoms with van der Waals surface area (Å²) in [5.74, 6) is 0.887. The topological polar surface area (TPSA) is 75.4 Å². The van der Waals surface area contributed by atoms with Crippen LogP contribution < -0.4 is 5.32 Å². The highest BCUT2D eigenvalue weighted by Crippen LogP contribution is 2.23. The number of piperidine rings is 1. The summed E-state index contributed by atoms with van der Waals surface area (Å²) in [6.07, 6.45) is 1.28. The van der Waals surface area contributed by atoms with Gasteiger partial charge in [0, 0.05) is 29.5 Å². The average molecular weight is 392 g/mol. The van der Waals surface area contributed by atoms with E-state index in [9.17, 15) is 9.59 Å². The maximum absolute atomic E-state index is 12.6. The molecule has 7 heteroatoms. The van der Waals surface area contributed by atoms with Gasteiger partial charge in [-0.3, -0.25) is 9.59 Å². The molecule has 1 aliphatic heterocycles. The molecule has 6 nitrogen and oxygen atoms in total. The van der Waals surface area contributed by atoms with Gasteiger partial charge in [-0.1, -0.05) is 17.3 Å². The summed E-state index contributed by atoms with van der Waals surface area (Å²) in [6.45, 7) is 2.90. The second kappa shape index (κ2) is 7.17. The minimum Gasteiger partial charge on any atom is -0.360 e. The molecule has 0 atom stereocenters. The van der Waals surface area contributed by atoms with Crippen molar-refractivity contribution in [2.45, 2.75) is 19.8 Å². The molecule has 2 amide bonds. The molecule has 0 unspecified atom stereocenters. The van der Waals surface area contributed by atoms with Crippen LogP contribution in [0.3, 0.4) is 0 Å². The van der Waals surface area contributed by atoms with Crippen molar-refractivity contribution < 1.29 is 14.1 Å². The highest BCUT2D eigenvalue weighted by atomic mass is 79.9. The van der Waals surface area contributed by atoms with Gasteiger partial charge in [-0.2, -0.15) is 0 Å². The van der Waals surface area contributed by atoms with Crippen molar-refractivity contribution in [3.05, 3.63) is 46.1 Å². The van der Waals surface area contributed by atoms with Gasteiger partial charge >= 0.3 is 0 Å². The molecule has 2 heterocycles. The highest BCUT2D eigenvalue weighted by molar-refractivity contribution is 9.10. The zero-order chi connectivity index (χ0) is 17.1. The number of carbonyl (C=O) groups excluding carboxylic acids is 2. The summed E-state index contributed by atoms with van der Waals surface area (Å²) in [7, 11) is 0. The molecule has 0 aliphatic carbocycles. The Morgan fingerprint density at radius 1 is 1.29 bits per heavy atom. The quantitative estimate of drug-likeness (QED) is 0.870. The number of anilines is 1. The third-order valence-electron chi connectivity index (χ3n) is 4.14. The van der Waals surface area contributed by atoms with Crippen LogP contribution in [0.5, 0.6) is 0 Å². The maximum Gasteiger partial charge on any atom is 0.254 e. The predicted octanol–water partition coefficient (Wildman–Crippen LogP) is 3.24. The van der Waals surface area contributed by atoms with Gasteiger partial charge in [-0.25, -0.2) is 0 Å². The van der Waals surface area contributed by atoms with Crippen molar-refractivity contribution in [1.82, 2.24) is 10.1 Å². The SMILES string of the molecule is Cc1cc(NC(=O)C2CCN(C(=O)c3ccccc3Br)CC2)no1. The van der Waals surface area contributed by atoms with E-state index in [0.29, 0.717) is 43.1 Å². The number of halogens is 1. The van der Waals surface area contributed by atoms with E-state index in [4.69, 9.17) is 4.52 Å². The van der Waals surface area contributed by atoms with Crippen molar-refractivity contribution >= 4 is 33.6 Å². The molecule has 1 N–H and O–H groups in total. The largest absolute Gasteiger partial charge is 0.360 e. The number of aryl methyl sites for hydroxylation is 1. The van der Waals surface area contributed by atoms with Gasteiger partial charge in [0.2, 0.25) is 5.91 Å². The first-order chi connectivity index (χ1) is 11.5. The fraction of sp³-hybridized carbons (Fsp3) is 0.353. The molecule has 1 aliphatic rings. The summed E-state index contributed by atoms with van der Waals surface area (Å²) in [5.41, 5.74) is 0.651. The molecule has 0 spiro atoms. The van der Waals surface area contributed by atoms with Crippen LogP contribution in [0.2, 0.25) is 0 Å². The van der Waals surface area contributed by atoms with E-state index in [1.54, 1.807) is 24.0 Å². The standard InChI is InChI=1S/C17H18BrN3O3/c1-11-10-15(20-24-11)19-16(22)12-6-8-21(9-7-12)17(23)13-4-2-3-5-14(13)18/h2-5,10,12H,6-9H2,1H3,(H,19,20,22). The fourth-order valence-corrected chi connectivity index (χ4v) is 3.26. The van der Waals surface area contributed by atoms with Crippen LogP contribution in [0.25, 0.3) is 0 Å². The third-order valence-corrected chi connectivity index (χ3v) is 4.83. The van der Waals surface area contributed by atoms with Gasteiger partial charge in [0.1, 0.15) is 5.76 Å². The molecule has 126 valence electrons. The van der Waals surface area contributed by atoms with E-state index in [0.717, 1.165) is 4.47 Å². The van der Waals surface area contributed by atoms with Crippen LogP contribution in [-0.4, -0.2) is 35.0 Å². The van der Waals surface area contributed by atoms with Crippen LogP contribution in [0.15, 0.2) is 39.3 Å². The molecule has 1 saturated heterocycles. The van der Waals surface area contributed by atoms with Gasteiger partial charge in [-0.15, -0.1) is 0 Å². The second-order valence-electron chi connectivity index (χ2n) is 5.86. The summed E-state index contributed by atoms with van der Waals surface area (Å²) in [5, 5.41) is 6.53. The van der Waals surface area contributed by atoms with Gasteiger partial charge in [0.05, 0.1) is 5.56 Å². The minimum absolute atomic E-state index is 0.00606. The lowest BCUT2D eigenvalue weighted by Crippen LogP contribution is -2.41. The van der Waals surface area contributed by atoms with Crippen LogP contribution >= 0.6 is 15.9 Å². The van der Waals surface area contributed by atoms with E-state index >= 15 is 0 Å². The van der Waals surface area contributed by atoms with Crippen LogP contribution in [-0.2, 0) is 4.79 Å². The summed E-state index contributed by atoms with van der Waals surface area (Å²) >= 11 is 3.41. The first kappa shape index (κ1) is 16.7. The van der Waals surface area contributed by atoms with Crippen molar-refractivity contribution in [1.29, 1.82) is 0 Å². The van der Waals surface area contributed by atoms with Gasteiger partial charge in [0.15, 0.2) is 5.82 Å². The van der Waals surface area contributed by atoms with Crippen LogP contribution in [0.4, 0.5) is 5.82 Å². The van der Waals surface area contributed by atoms with E-state index < -0.39 is 0 Å². The lowest BCUT2D eigenvalue weighted by atomic mass is 9.95. The number of nitrogens with zero attached hydrogens (tertiary/aromatic N) is 2. The molecular weight excluding hydrogens is 374 g/mol. The fourth-order valence-electron chi connectivity index (χ4n) is 2.80. The number of benzene rings is 1. The molecule has 1 aromatic carbocycles. The number of hydrogen-bond donors (Lipinski definition) is 1. The molecular formula is C17H18BrN3O3. The third kappa shape index (κ3) is 3.67. The number of hydrogen-bond acceptors (Lipinski definition) is 4. The average Bonchev–Trinajstić information content (AvgIpc) is 2.99. The minimum atomic E-state index is -0.120. The molecule has 1 fully saturated rings. The Kier molecular flexibility index (Phi) is 4.99. The summed E-state index contributed by atoms with van der Waals surface area (Å²) in [6, 6.07) is 9.07. The molecule has 0 bridgehead atoms. The van der Waals surface area contributed by atoms with Crippen molar-refractivity contribution in [2.75, 3.05) is 18.4 Å². The smallest absolute Gasteiger partial charge is 0.254 e. The lowest BCUT2D eigenvalue weighted by molar-refractivity contribution is -0.121. The number of carbonyl (C=O) groups is 2. The molecule has 24 heavy (non-hydrogen) atoms. The van der Waals surface area contributed by atoms with Crippen LogP contribution in [0.1, 0.15) is 29.0 Å². The van der Waals surface area contributed by atoms with E-state index in [2.05, 4.69) is 26.4 Å². The monoisotopic (exact) mass is 391 g/mol. The highest BCUT2D eigenvalue weighted by Gasteiger charge is 2.28. The molecule has 3 rings (SSSR count). The summed E-state index contributed by atoms with van der Waals surface area (Å²) < 4.78 is 5.73. The summed E-state index contributed by atoms with van der Waals surface area (Å²) in [4.78, 5) is 26.6. The zero-order valence-electron chi connectivity index (χ0n) is 13.3. The normalized spacial score (nSPS) is 15.3. The van der Waals surface area contributed by atoms with Gasteiger partial charge in [0.25, 0.3) is 5.91 Å². The predicted molar refractivity (Wildman–Crippen MR) is 92.6 cm³/mol. The number of rotatable bonds is 3. The van der Waals surface area contributed by atoms with Gasteiger partial charge < -0.3 is 14.7 Å². The van der Waals surface area contributed by atoms with Crippen molar-refractivity contribution in [3.63, 3.8) is 0 Å². The van der Waals surface area contributed by atoms with Gasteiger partial charge in [-0.05, 0) is 47.8 Å². The number of amides is 2. The Labute approximate surface area is 148 Å². The number of nitrogens with one attached hydrogen (secondary N) is 1. The molecule has 0 saturated carbocycles. The van der Waals surface area contributed by atoms with Crippen molar-refractivity contribution in [3.8, 4) is 0 Å². The van der Waals surface area contributed by atoms with E-state index in [-0.39, 0.29) is 17.7 Å². The Hall–Kier alpha value is -2.15. The molecule has 1 aromatic heterocycles. The first-order valence-corrected chi connectivity index (χ1v) is 8.62. The number of aromatic nitrogens is 1. The molecule has 0 radical (unpaired) electrons. The van der Waals surface area contributed by atoms with Crippen molar-refractivity contribution in [2.24, 2.45) is 5.92 Å². The first-order valence-electron chi connectivity index (χ1n) is 7.82. The Morgan fingerprint density at radius 2 is 2.00 bits per heavy atom. The van der Waals surface area contributed by atoms with E-state index in [1.807, 2.05) is 18.2 Å². The Bertz CT molecular complexity index is 751. The van der Waals surface area contributed by atoms with Crippen LogP contribution in [0, 0.1) is 12.8 Å². The molecule has 2 aromatic rings. The Balaban J connectivity index is 1.56.